The minimum absolute atomic E-state index is 0.0877. The van der Waals surface area contributed by atoms with E-state index >= 15 is 0 Å². The minimum Gasteiger partial charge on any atom is -0.505 e. The zero-order valence-electron chi connectivity index (χ0n) is 8.33. The first-order valence-corrected chi connectivity index (χ1v) is 5.14. The van der Waals surface area contributed by atoms with Gasteiger partial charge in [-0.15, -0.1) is 0 Å². The monoisotopic (exact) mass is 210 g/mol. The van der Waals surface area contributed by atoms with Crippen LogP contribution in [0.5, 0.6) is 5.75 Å². The third kappa shape index (κ3) is 1.95. The Morgan fingerprint density at radius 3 is 2.80 bits per heavy atom. The van der Waals surface area contributed by atoms with Crippen molar-refractivity contribution in [1.82, 2.24) is 9.78 Å². The lowest BCUT2D eigenvalue weighted by Crippen LogP contribution is -2.29. The zero-order valence-corrected chi connectivity index (χ0v) is 8.33. The Bertz CT molecular complexity index is 361. The number of aliphatic carboxylic acids is 1. The average Bonchev–Trinajstić information content (AvgIpc) is 2.65. The Labute approximate surface area is 87.3 Å². The third-order valence-corrected chi connectivity index (χ3v) is 2.97. The number of rotatable bonds is 2. The molecule has 0 saturated heterocycles. The van der Waals surface area contributed by atoms with Crippen LogP contribution in [0.4, 0.5) is 0 Å². The number of carbonyl (C=O) groups is 1. The van der Waals surface area contributed by atoms with E-state index in [1.165, 1.54) is 12.4 Å². The molecule has 5 heteroatoms. The summed E-state index contributed by atoms with van der Waals surface area (Å²) in [6.07, 6.45) is 6.33. The quantitative estimate of drug-likeness (QED) is 0.773. The normalized spacial score (nSPS) is 26.4. The van der Waals surface area contributed by atoms with Gasteiger partial charge in [0.1, 0.15) is 0 Å². The number of aromatic nitrogens is 2. The maximum Gasteiger partial charge on any atom is 0.308 e. The van der Waals surface area contributed by atoms with Crippen molar-refractivity contribution in [1.29, 1.82) is 0 Å². The van der Waals surface area contributed by atoms with Crippen molar-refractivity contribution < 1.29 is 15.0 Å². The Morgan fingerprint density at radius 1 is 1.47 bits per heavy atom. The van der Waals surface area contributed by atoms with Gasteiger partial charge in [0.05, 0.1) is 24.4 Å². The number of aromatic hydroxyl groups is 1. The molecule has 2 rings (SSSR count). The number of hydrogen-bond acceptors (Lipinski definition) is 3. The van der Waals surface area contributed by atoms with Crippen LogP contribution in [0.1, 0.15) is 31.7 Å². The highest BCUT2D eigenvalue weighted by Gasteiger charge is 2.32. The van der Waals surface area contributed by atoms with Crippen LogP contribution in [-0.4, -0.2) is 26.0 Å². The molecule has 0 radical (unpaired) electrons. The summed E-state index contributed by atoms with van der Waals surface area (Å²) < 4.78 is 1.58. The topological polar surface area (TPSA) is 75.3 Å². The Hall–Kier alpha value is -1.52. The summed E-state index contributed by atoms with van der Waals surface area (Å²) in [6, 6.07) is -0.114. The molecule has 2 unspecified atom stereocenters. The second kappa shape index (κ2) is 3.92. The number of carboxylic acids is 1. The summed E-state index contributed by atoms with van der Waals surface area (Å²) in [4.78, 5) is 11.0. The molecule has 1 fully saturated rings. The molecule has 1 aliphatic rings. The van der Waals surface area contributed by atoms with Crippen molar-refractivity contribution in [3.8, 4) is 5.75 Å². The molecule has 2 atom stereocenters. The first kappa shape index (κ1) is 10.0. The van der Waals surface area contributed by atoms with Gasteiger partial charge in [0, 0.05) is 0 Å². The minimum atomic E-state index is -0.769. The van der Waals surface area contributed by atoms with Crippen LogP contribution in [0.25, 0.3) is 0 Å². The Kier molecular flexibility index (Phi) is 2.62. The highest BCUT2D eigenvalue weighted by Crippen LogP contribution is 2.34. The number of carboxylic acid groups (broad SMARTS) is 1. The number of nitrogens with zero attached hydrogens (tertiary/aromatic N) is 2. The highest BCUT2D eigenvalue weighted by molar-refractivity contribution is 5.70. The Morgan fingerprint density at radius 2 is 2.20 bits per heavy atom. The van der Waals surface area contributed by atoms with E-state index < -0.39 is 5.97 Å². The van der Waals surface area contributed by atoms with Gasteiger partial charge < -0.3 is 10.2 Å². The van der Waals surface area contributed by atoms with E-state index in [9.17, 15) is 9.90 Å². The fourth-order valence-corrected chi connectivity index (χ4v) is 2.23. The van der Waals surface area contributed by atoms with E-state index in [2.05, 4.69) is 5.10 Å². The van der Waals surface area contributed by atoms with Crippen LogP contribution in [-0.2, 0) is 4.79 Å². The fourth-order valence-electron chi connectivity index (χ4n) is 2.23. The van der Waals surface area contributed by atoms with Crippen molar-refractivity contribution in [3.05, 3.63) is 12.4 Å². The summed E-state index contributed by atoms with van der Waals surface area (Å²) in [7, 11) is 0. The van der Waals surface area contributed by atoms with Crippen LogP contribution in [0, 0.1) is 5.92 Å². The molecule has 0 aromatic carbocycles. The summed E-state index contributed by atoms with van der Waals surface area (Å²) in [6.45, 7) is 0. The predicted octanol–water partition coefficient (Wildman–Crippen LogP) is 1.40. The molecule has 0 spiro atoms. The first-order chi connectivity index (χ1) is 7.18. The van der Waals surface area contributed by atoms with Crippen LogP contribution < -0.4 is 0 Å². The lowest BCUT2D eigenvalue weighted by Gasteiger charge is -2.28. The maximum absolute atomic E-state index is 11.0. The van der Waals surface area contributed by atoms with Crippen molar-refractivity contribution >= 4 is 5.97 Å². The smallest absolute Gasteiger partial charge is 0.308 e. The van der Waals surface area contributed by atoms with Crippen LogP contribution in [0.2, 0.25) is 0 Å². The molecule has 1 aliphatic carbocycles. The standard InChI is InChI=1S/C10H14N2O3/c13-7-5-11-12(6-7)9-4-2-1-3-8(9)10(14)15/h5-6,8-9,13H,1-4H2,(H,14,15). The Balaban J connectivity index is 2.21. The molecule has 15 heavy (non-hydrogen) atoms. The summed E-state index contributed by atoms with van der Waals surface area (Å²) in [5.41, 5.74) is 0. The summed E-state index contributed by atoms with van der Waals surface area (Å²) in [5.74, 6) is -1.06. The number of hydrogen-bond donors (Lipinski definition) is 2. The third-order valence-electron chi connectivity index (χ3n) is 2.97. The average molecular weight is 210 g/mol. The van der Waals surface area contributed by atoms with Crippen LogP contribution >= 0.6 is 0 Å². The summed E-state index contributed by atoms with van der Waals surface area (Å²) in [5, 5.41) is 22.2. The van der Waals surface area contributed by atoms with Crippen molar-refractivity contribution in [2.24, 2.45) is 5.92 Å². The molecule has 2 N–H and O–H groups in total. The van der Waals surface area contributed by atoms with Gasteiger partial charge in [0.25, 0.3) is 0 Å². The lowest BCUT2D eigenvalue weighted by molar-refractivity contribution is -0.144. The molecule has 5 nitrogen and oxygen atoms in total. The molecule has 82 valence electrons. The van der Waals surface area contributed by atoms with E-state index in [-0.39, 0.29) is 17.7 Å². The van der Waals surface area contributed by atoms with Gasteiger partial charge >= 0.3 is 5.97 Å². The van der Waals surface area contributed by atoms with Crippen LogP contribution in [0.15, 0.2) is 12.4 Å². The van der Waals surface area contributed by atoms with Gasteiger partial charge in [-0.25, -0.2) is 0 Å². The predicted molar refractivity (Wildman–Crippen MR) is 52.5 cm³/mol. The van der Waals surface area contributed by atoms with Gasteiger partial charge in [-0.05, 0) is 12.8 Å². The van der Waals surface area contributed by atoms with E-state index in [0.29, 0.717) is 6.42 Å². The molecule has 1 aromatic heterocycles. The second-order valence-electron chi connectivity index (χ2n) is 3.98. The largest absolute Gasteiger partial charge is 0.505 e. The van der Waals surface area contributed by atoms with E-state index in [4.69, 9.17) is 5.11 Å². The molecular formula is C10H14N2O3. The molecule has 0 aliphatic heterocycles. The van der Waals surface area contributed by atoms with Gasteiger partial charge in [-0.3, -0.25) is 9.48 Å². The van der Waals surface area contributed by atoms with Gasteiger partial charge in [-0.1, -0.05) is 12.8 Å². The zero-order chi connectivity index (χ0) is 10.8. The van der Waals surface area contributed by atoms with Crippen molar-refractivity contribution in [2.45, 2.75) is 31.7 Å². The van der Waals surface area contributed by atoms with Crippen molar-refractivity contribution in [3.63, 3.8) is 0 Å². The van der Waals surface area contributed by atoms with Gasteiger partial charge in [-0.2, -0.15) is 5.10 Å². The van der Waals surface area contributed by atoms with E-state index in [1.807, 2.05) is 0 Å². The first-order valence-electron chi connectivity index (χ1n) is 5.14. The van der Waals surface area contributed by atoms with Gasteiger partial charge in [0.2, 0.25) is 0 Å². The molecule has 1 saturated carbocycles. The summed E-state index contributed by atoms with van der Waals surface area (Å²) >= 11 is 0. The molecule has 0 amide bonds. The van der Waals surface area contributed by atoms with Gasteiger partial charge in [0.15, 0.2) is 5.75 Å². The van der Waals surface area contributed by atoms with Crippen molar-refractivity contribution in [2.75, 3.05) is 0 Å². The molecule has 1 heterocycles. The maximum atomic E-state index is 11.0. The second-order valence-corrected chi connectivity index (χ2v) is 3.98. The molecule has 0 bridgehead atoms. The molecular weight excluding hydrogens is 196 g/mol. The SMILES string of the molecule is O=C(O)C1CCCCC1n1cc(O)cn1. The van der Waals surface area contributed by atoms with E-state index in [1.54, 1.807) is 4.68 Å². The molecule has 1 aromatic rings. The lowest BCUT2D eigenvalue weighted by atomic mass is 9.85. The fraction of sp³-hybridized carbons (Fsp3) is 0.600. The van der Waals surface area contributed by atoms with Crippen LogP contribution in [0.3, 0.4) is 0 Å². The van der Waals surface area contributed by atoms with E-state index in [0.717, 1.165) is 19.3 Å². The highest BCUT2D eigenvalue weighted by atomic mass is 16.4.